The second-order valence-electron chi connectivity index (χ2n) is 7.45. The van der Waals surface area contributed by atoms with Gasteiger partial charge in [-0.15, -0.1) is 0 Å². The largest absolute Gasteiger partial charge is 0.454 e. The fourth-order valence-electron chi connectivity index (χ4n) is 3.27. The zero-order valence-corrected chi connectivity index (χ0v) is 19.0. The van der Waals surface area contributed by atoms with Crippen molar-refractivity contribution in [1.82, 2.24) is 13.9 Å². The zero-order chi connectivity index (χ0) is 23.8. The van der Waals surface area contributed by atoms with Gasteiger partial charge in [0.05, 0.1) is 22.2 Å². The van der Waals surface area contributed by atoms with Gasteiger partial charge in [-0.25, -0.2) is 22.5 Å². The van der Waals surface area contributed by atoms with Crippen LogP contribution in [0.3, 0.4) is 0 Å². The van der Waals surface area contributed by atoms with Crippen molar-refractivity contribution in [2.75, 3.05) is 14.1 Å². The van der Waals surface area contributed by atoms with Gasteiger partial charge in [0.1, 0.15) is 18.2 Å². The van der Waals surface area contributed by atoms with Crippen LogP contribution < -0.4 is 5.56 Å². The average Bonchev–Trinajstić information content (AvgIpc) is 3.28. The summed E-state index contributed by atoms with van der Waals surface area (Å²) in [5.41, 5.74) is 1.26. The first-order valence-electron chi connectivity index (χ1n) is 9.95. The molecule has 0 saturated carbocycles. The quantitative estimate of drug-likeness (QED) is 0.401. The number of rotatable bonds is 6. The van der Waals surface area contributed by atoms with Crippen molar-refractivity contribution in [1.29, 1.82) is 0 Å². The van der Waals surface area contributed by atoms with Crippen LogP contribution in [0.25, 0.3) is 16.6 Å². The van der Waals surface area contributed by atoms with Crippen LogP contribution in [-0.4, -0.2) is 42.3 Å². The minimum Gasteiger partial charge on any atom is -0.454 e. The summed E-state index contributed by atoms with van der Waals surface area (Å²) < 4.78 is 37.2. The molecule has 4 rings (SSSR count). The first kappa shape index (κ1) is 22.4. The predicted molar refractivity (Wildman–Crippen MR) is 121 cm³/mol. The third-order valence-electron chi connectivity index (χ3n) is 5.02. The number of esters is 1. The number of para-hydroxylation sites is 1. The molecule has 2 aromatic carbocycles. The van der Waals surface area contributed by atoms with Gasteiger partial charge in [0, 0.05) is 14.1 Å². The van der Waals surface area contributed by atoms with Gasteiger partial charge >= 0.3 is 5.97 Å². The Hall–Kier alpha value is -3.76. The molecule has 0 aliphatic carbocycles. The Morgan fingerprint density at radius 3 is 2.45 bits per heavy atom. The molecule has 0 atom stereocenters. The molecular formula is C23H21N3O6S. The lowest BCUT2D eigenvalue weighted by Gasteiger charge is -2.11. The lowest BCUT2D eigenvalue weighted by atomic mass is 10.2. The maximum Gasteiger partial charge on any atom is 0.338 e. The Labute approximate surface area is 189 Å². The summed E-state index contributed by atoms with van der Waals surface area (Å²) in [6, 6.07) is 16.2. The van der Waals surface area contributed by atoms with E-state index in [1.807, 2.05) is 6.07 Å². The van der Waals surface area contributed by atoms with Crippen molar-refractivity contribution in [3.8, 4) is 5.69 Å². The summed E-state index contributed by atoms with van der Waals surface area (Å²) in [6.07, 6.45) is 0. The summed E-state index contributed by atoms with van der Waals surface area (Å²) in [6.45, 7) is 1.51. The Kier molecular flexibility index (Phi) is 5.88. The second-order valence-corrected chi connectivity index (χ2v) is 9.53. The van der Waals surface area contributed by atoms with Crippen molar-refractivity contribution in [2.45, 2.75) is 18.6 Å². The first-order chi connectivity index (χ1) is 15.7. The molecule has 0 bridgehead atoms. The fourth-order valence-corrected chi connectivity index (χ4v) is 4.08. The minimum atomic E-state index is -3.71. The number of benzene rings is 2. The van der Waals surface area contributed by atoms with Crippen molar-refractivity contribution < 1.29 is 22.4 Å². The topological polar surface area (TPSA) is 112 Å². The van der Waals surface area contributed by atoms with E-state index in [4.69, 9.17) is 9.15 Å². The molecule has 0 amide bonds. The van der Waals surface area contributed by atoms with Gasteiger partial charge in [0.2, 0.25) is 5.09 Å². The van der Waals surface area contributed by atoms with Crippen LogP contribution >= 0.6 is 0 Å². The average molecular weight is 468 g/mol. The molecule has 170 valence electrons. The van der Waals surface area contributed by atoms with E-state index < -0.39 is 16.0 Å². The van der Waals surface area contributed by atoms with Crippen LogP contribution in [0.1, 0.15) is 21.9 Å². The van der Waals surface area contributed by atoms with Crippen LogP contribution in [0.2, 0.25) is 0 Å². The van der Waals surface area contributed by atoms with Crippen molar-refractivity contribution in [3.63, 3.8) is 0 Å². The normalized spacial score (nSPS) is 11.8. The number of hydrogen-bond acceptors (Lipinski definition) is 7. The molecule has 0 unspecified atom stereocenters. The number of carbonyl (C=O) groups excluding carboxylic acids is 1. The van der Waals surface area contributed by atoms with Gasteiger partial charge in [-0.3, -0.25) is 9.36 Å². The molecule has 0 radical (unpaired) electrons. The van der Waals surface area contributed by atoms with Crippen LogP contribution in [0.5, 0.6) is 0 Å². The van der Waals surface area contributed by atoms with Crippen LogP contribution in [0.15, 0.2) is 75.0 Å². The highest BCUT2D eigenvalue weighted by Crippen LogP contribution is 2.18. The molecule has 0 spiro atoms. The molecule has 2 heterocycles. The molecule has 0 saturated heterocycles. The standard InChI is InChI=1S/C23H21N3O6S/c1-15-24-20-7-5-4-6-19(20)22(27)26(15)17-10-8-16(9-11-17)23(28)31-14-18-12-13-21(32-18)33(29,30)25(2)3/h4-13H,14H2,1-3H3. The van der Waals surface area contributed by atoms with Gasteiger partial charge in [-0.2, -0.15) is 0 Å². The SMILES string of the molecule is Cc1nc2ccccc2c(=O)n1-c1ccc(C(=O)OCc2ccc(S(=O)(=O)N(C)C)o2)cc1. The minimum absolute atomic E-state index is 0.199. The summed E-state index contributed by atoms with van der Waals surface area (Å²) in [5.74, 6) is 0.107. The Balaban J connectivity index is 1.50. The number of nitrogens with zero attached hydrogens (tertiary/aromatic N) is 3. The highest BCUT2D eigenvalue weighted by molar-refractivity contribution is 7.88. The number of furan rings is 1. The van der Waals surface area contributed by atoms with Crippen molar-refractivity contribution in [2.24, 2.45) is 0 Å². The highest BCUT2D eigenvalue weighted by Gasteiger charge is 2.22. The van der Waals surface area contributed by atoms with Crippen LogP contribution in [-0.2, 0) is 21.4 Å². The Bertz CT molecular complexity index is 1500. The summed E-state index contributed by atoms with van der Waals surface area (Å²) >= 11 is 0. The smallest absolute Gasteiger partial charge is 0.338 e. The molecule has 33 heavy (non-hydrogen) atoms. The first-order valence-corrected chi connectivity index (χ1v) is 11.4. The van der Waals surface area contributed by atoms with Crippen molar-refractivity contribution in [3.05, 3.63) is 88.2 Å². The number of sulfonamides is 1. The number of hydrogen-bond donors (Lipinski definition) is 0. The van der Waals surface area contributed by atoms with Gasteiger partial charge in [0.15, 0.2) is 0 Å². The number of ether oxygens (including phenoxy) is 1. The van der Waals surface area contributed by atoms with E-state index in [9.17, 15) is 18.0 Å². The molecule has 9 nitrogen and oxygen atoms in total. The highest BCUT2D eigenvalue weighted by atomic mass is 32.2. The molecule has 10 heteroatoms. The van der Waals surface area contributed by atoms with Gasteiger partial charge < -0.3 is 9.15 Å². The monoisotopic (exact) mass is 467 g/mol. The molecular weight excluding hydrogens is 446 g/mol. The Morgan fingerprint density at radius 1 is 1.06 bits per heavy atom. The van der Waals surface area contributed by atoms with E-state index in [0.717, 1.165) is 4.31 Å². The Morgan fingerprint density at radius 2 is 1.76 bits per heavy atom. The summed E-state index contributed by atoms with van der Waals surface area (Å²) in [7, 11) is -0.918. The van der Waals surface area contributed by atoms with Gasteiger partial charge in [-0.1, -0.05) is 12.1 Å². The summed E-state index contributed by atoms with van der Waals surface area (Å²) in [5, 5.41) is 0.272. The maximum absolute atomic E-state index is 12.9. The molecule has 0 aliphatic rings. The third kappa shape index (κ3) is 4.30. The number of aromatic nitrogens is 2. The van der Waals surface area contributed by atoms with Gasteiger partial charge in [-0.05, 0) is 55.5 Å². The molecule has 0 N–H and O–H groups in total. The molecule has 0 fully saturated rings. The zero-order valence-electron chi connectivity index (χ0n) is 18.2. The fraction of sp³-hybridized carbons (Fsp3) is 0.174. The number of fused-ring (bicyclic) bond motifs is 1. The number of carbonyl (C=O) groups is 1. The third-order valence-corrected chi connectivity index (χ3v) is 6.71. The molecule has 2 aromatic heterocycles. The maximum atomic E-state index is 12.9. The van der Waals surface area contributed by atoms with Crippen LogP contribution in [0.4, 0.5) is 0 Å². The van der Waals surface area contributed by atoms with E-state index in [-0.39, 0.29) is 28.6 Å². The van der Waals surface area contributed by atoms with Crippen LogP contribution in [0, 0.1) is 6.92 Å². The van der Waals surface area contributed by atoms with E-state index in [1.54, 1.807) is 49.4 Å². The lowest BCUT2D eigenvalue weighted by molar-refractivity contribution is 0.0440. The molecule has 4 aromatic rings. The number of aryl methyl sites for hydroxylation is 1. The summed E-state index contributed by atoms with van der Waals surface area (Å²) in [4.78, 5) is 29.8. The van der Waals surface area contributed by atoms with Gasteiger partial charge in [0.25, 0.3) is 15.6 Å². The second kappa shape index (κ2) is 8.64. The van der Waals surface area contributed by atoms with E-state index >= 15 is 0 Å². The van der Waals surface area contributed by atoms with E-state index in [1.165, 1.54) is 30.8 Å². The predicted octanol–water partition coefficient (Wildman–Crippen LogP) is 2.89. The lowest BCUT2D eigenvalue weighted by Crippen LogP contribution is -2.22. The van der Waals surface area contributed by atoms with E-state index in [2.05, 4.69) is 4.98 Å². The van der Waals surface area contributed by atoms with Crippen molar-refractivity contribution >= 4 is 26.9 Å². The van der Waals surface area contributed by atoms with E-state index in [0.29, 0.717) is 22.4 Å². The molecule has 0 aliphatic heterocycles.